The molecule has 1 saturated heterocycles. The third-order valence-electron chi connectivity index (χ3n) is 5.78. The van der Waals surface area contributed by atoms with Crippen LogP contribution in [-0.4, -0.2) is 65.9 Å². The van der Waals surface area contributed by atoms with Gasteiger partial charge < -0.3 is 24.8 Å². The van der Waals surface area contributed by atoms with E-state index in [0.717, 1.165) is 54.7 Å². The van der Waals surface area contributed by atoms with E-state index in [9.17, 15) is 5.11 Å². The molecule has 1 aliphatic heterocycles. The van der Waals surface area contributed by atoms with Gasteiger partial charge in [-0.1, -0.05) is 6.07 Å². The summed E-state index contributed by atoms with van der Waals surface area (Å²) >= 11 is 0. The van der Waals surface area contributed by atoms with E-state index in [-0.39, 0.29) is 0 Å². The van der Waals surface area contributed by atoms with Crippen molar-refractivity contribution in [2.75, 3.05) is 39.9 Å². The number of rotatable bonds is 9. The molecule has 4 rings (SSSR count). The van der Waals surface area contributed by atoms with Crippen LogP contribution in [0, 0.1) is 0 Å². The molecule has 0 bridgehead atoms. The lowest BCUT2D eigenvalue weighted by Crippen LogP contribution is -2.44. The van der Waals surface area contributed by atoms with Crippen molar-refractivity contribution >= 4 is 10.9 Å². The lowest BCUT2D eigenvalue weighted by atomic mass is 10.0. The van der Waals surface area contributed by atoms with E-state index in [2.05, 4.69) is 20.2 Å². The molecule has 31 heavy (non-hydrogen) atoms. The Kier molecular flexibility index (Phi) is 7.30. The summed E-state index contributed by atoms with van der Waals surface area (Å²) in [5.41, 5.74) is 1.77. The SMILES string of the molecule is COc1ccc2nccc([C@@H](O)CN3CCC(NCCOc4ccccn4)CC3)c2c1. The molecule has 3 heterocycles. The molecule has 0 aliphatic carbocycles. The molecule has 1 atom stereocenters. The molecular weight excluding hydrogens is 392 g/mol. The molecule has 0 amide bonds. The van der Waals surface area contributed by atoms with Gasteiger partial charge in [-0.2, -0.15) is 0 Å². The normalized spacial score (nSPS) is 16.3. The highest BCUT2D eigenvalue weighted by Gasteiger charge is 2.22. The first kappa shape index (κ1) is 21.5. The van der Waals surface area contributed by atoms with Crippen molar-refractivity contribution in [3.05, 3.63) is 60.4 Å². The molecule has 3 aromatic rings. The van der Waals surface area contributed by atoms with Gasteiger partial charge >= 0.3 is 0 Å². The summed E-state index contributed by atoms with van der Waals surface area (Å²) in [6.45, 7) is 3.94. The Morgan fingerprint density at radius 1 is 1.13 bits per heavy atom. The fourth-order valence-electron chi connectivity index (χ4n) is 4.08. The maximum Gasteiger partial charge on any atom is 0.213 e. The highest BCUT2D eigenvalue weighted by molar-refractivity contribution is 5.83. The Morgan fingerprint density at radius 3 is 2.77 bits per heavy atom. The molecule has 7 nitrogen and oxygen atoms in total. The van der Waals surface area contributed by atoms with Gasteiger partial charge in [0.15, 0.2) is 0 Å². The lowest BCUT2D eigenvalue weighted by molar-refractivity contribution is 0.0945. The molecule has 1 aliphatic rings. The molecule has 7 heteroatoms. The summed E-state index contributed by atoms with van der Waals surface area (Å²) in [7, 11) is 1.65. The molecule has 0 spiro atoms. The minimum atomic E-state index is -0.561. The van der Waals surface area contributed by atoms with Gasteiger partial charge in [-0.25, -0.2) is 4.98 Å². The summed E-state index contributed by atoms with van der Waals surface area (Å²) < 4.78 is 11.0. The zero-order chi connectivity index (χ0) is 21.5. The van der Waals surface area contributed by atoms with Crippen molar-refractivity contribution in [3.8, 4) is 11.6 Å². The topological polar surface area (TPSA) is 79.7 Å². The number of aliphatic hydroxyl groups is 1. The van der Waals surface area contributed by atoms with Crippen molar-refractivity contribution in [3.63, 3.8) is 0 Å². The minimum Gasteiger partial charge on any atom is -0.497 e. The van der Waals surface area contributed by atoms with Crippen molar-refractivity contribution in [2.45, 2.75) is 25.0 Å². The smallest absolute Gasteiger partial charge is 0.213 e. The molecule has 0 radical (unpaired) electrons. The first-order valence-corrected chi connectivity index (χ1v) is 10.8. The lowest BCUT2D eigenvalue weighted by Gasteiger charge is -2.33. The molecule has 2 N–H and O–H groups in total. The maximum atomic E-state index is 10.9. The monoisotopic (exact) mass is 422 g/mol. The van der Waals surface area contributed by atoms with Crippen LogP contribution in [-0.2, 0) is 0 Å². The first-order valence-electron chi connectivity index (χ1n) is 10.8. The van der Waals surface area contributed by atoms with Crippen molar-refractivity contribution < 1.29 is 14.6 Å². The van der Waals surface area contributed by atoms with E-state index < -0.39 is 6.10 Å². The molecular formula is C24H30N4O3. The van der Waals surface area contributed by atoms with Crippen LogP contribution in [0.1, 0.15) is 24.5 Å². The third kappa shape index (κ3) is 5.70. The predicted octanol–water partition coefficient (Wildman–Crippen LogP) is 2.80. The van der Waals surface area contributed by atoms with E-state index >= 15 is 0 Å². The number of nitrogens with one attached hydrogen (secondary N) is 1. The number of benzene rings is 1. The number of fused-ring (bicyclic) bond motifs is 1. The molecule has 1 fully saturated rings. The van der Waals surface area contributed by atoms with E-state index in [4.69, 9.17) is 9.47 Å². The van der Waals surface area contributed by atoms with E-state index in [1.807, 2.05) is 42.5 Å². The average molecular weight is 423 g/mol. The van der Waals surface area contributed by atoms with E-state index in [1.54, 1.807) is 19.5 Å². The number of hydrogen-bond donors (Lipinski definition) is 2. The number of aliphatic hydroxyl groups excluding tert-OH is 1. The number of likely N-dealkylation sites (tertiary alicyclic amines) is 1. The number of nitrogens with zero attached hydrogens (tertiary/aromatic N) is 3. The zero-order valence-corrected chi connectivity index (χ0v) is 17.9. The van der Waals surface area contributed by atoms with Gasteiger partial charge in [-0.3, -0.25) is 4.98 Å². The average Bonchev–Trinajstić information content (AvgIpc) is 2.82. The van der Waals surface area contributed by atoms with Crippen molar-refractivity contribution in [1.29, 1.82) is 0 Å². The summed E-state index contributed by atoms with van der Waals surface area (Å²) in [5.74, 6) is 1.43. The van der Waals surface area contributed by atoms with Crippen LogP contribution in [0.3, 0.4) is 0 Å². The second-order valence-corrected chi connectivity index (χ2v) is 7.84. The largest absolute Gasteiger partial charge is 0.497 e. The summed E-state index contributed by atoms with van der Waals surface area (Å²) in [6, 6.07) is 13.8. The third-order valence-corrected chi connectivity index (χ3v) is 5.78. The number of aromatic nitrogens is 2. The van der Waals surface area contributed by atoms with Crippen LogP contribution in [0.25, 0.3) is 10.9 Å². The molecule has 164 valence electrons. The fraction of sp³-hybridized carbons (Fsp3) is 0.417. The maximum absolute atomic E-state index is 10.9. The summed E-state index contributed by atoms with van der Waals surface area (Å²) in [4.78, 5) is 10.9. The second-order valence-electron chi connectivity index (χ2n) is 7.84. The van der Waals surface area contributed by atoms with Crippen LogP contribution in [0.5, 0.6) is 11.6 Å². The molecule has 0 unspecified atom stereocenters. The summed E-state index contributed by atoms with van der Waals surface area (Å²) in [5, 5.41) is 15.4. The van der Waals surface area contributed by atoms with Crippen molar-refractivity contribution in [2.24, 2.45) is 0 Å². The Labute approximate surface area is 183 Å². The van der Waals surface area contributed by atoms with E-state index in [0.29, 0.717) is 25.1 Å². The Morgan fingerprint density at radius 2 is 2.00 bits per heavy atom. The second kappa shape index (κ2) is 10.5. The van der Waals surface area contributed by atoms with Gasteiger partial charge in [-0.05, 0) is 61.8 Å². The van der Waals surface area contributed by atoms with E-state index in [1.165, 1.54) is 0 Å². The molecule has 2 aromatic heterocycles. The first-order chi connectivity index (χ1) is 15.2. The number of hydrogen-bond acceptors (Lipinski definition) is 7. The Balaban J connectivity index is 1.24. The fourth-order valence-corrected chi connectivity index (χ4v) is 4.08. The Bertz CT molecular complexity index is 961. The highest BCUT2D eigenvalue weighted by atomic mass is 16.5. The van der Waals surface area contributed by atoms with Crippen LogP contribution in [0.4, 0.5) is 0 Å². The predicted molar refractivity (Wildman–Crippen MR) is 120 cm³/mol. The van der Waals surface area contributed by atoms with Gasteiger partial charge in [0.2, 0.25) is 5.88 Å². The van der Waals surface area contributed by atoms with Gasteiger partial charge in [0.25, 0.3) is 0 Å². The number of ether oxygens (including phenoxy) is 2. The van der Waals surface area contributed by atoms with Gasteiger partial charge in [-0.15, -0.1) is 0 Å². The number of pyridine rings is 2. The number of methoxy groups -OCH3 is 1. The minimum absolute atomic E-state index is 0.478. The summed E-state index contributed by atoms with van der Waals surface area (Å²) in [6.07, 6.45) is 5.05. The van der Waals surface area contributed by atoms with Crippen molar-refractivity contribution in [1.82, 2.24) is 20.2 Å². The quantitative estimate of drug-likeness (QED) is 0.513. The highest BCUT2D eigenvalue weighted by Crippen LogP contribution is 2.27. The van der Waals surface area contributed by atoms with Gasteiger partial charge in [0.05, 0.1) is 18.7 Å². The molecule has 1 aromatic carbocycles. The number of β-amino-alcohol motifs (C(OH)–C–C–N with tert-alkyl or cyclic N) is 1. The number of piperidine rings is 1. The van der Waals surface area contributed by atoms with Crippen LogP contribution < -0.4 is 14.8 Å². The van der Waals surface area contributed by atoms with Crippen LogP contribution in [0.2, 0.25) is 0 Å². The Hall–Kier alpha value is -2.74. The standard InChI is InChI=1S/C24H30N4O3/c1-30-19-5-6-22-21(16-19)20(7-11-26-22)23(29)17-28-13-8-18(9-14-28)25-12-15-31-24-4-2-3-10-27-24/h2-7,10-11,16,18,23,25,29H,8-9,12-15,17H2,1H3/t23-/m0/s1. The molecule has 0 saturated carbocycles. The zero-order valence-electron chi connectivity index (χ0n) is 17.9. The van der Waals surface area contributed by atoms with Gasteiger partial charge in [0, 0.05) is 43.0 Å². The van der Waals surface area contributed by atoms with Gasteiger partial charge in [0.1, 0.15) is 12.4 Å². The van der Waals surface area contributed by atoms with Crippen LogP contribution >= 0.6 is 0 Å². The van der Waals surface area contributed by atoms with Crippen LogP contribution in [0.15, 0.2) is 54.9 Å².